The lowest BCUT2D eigenvalue weighted by Crippen LogP contribution is -2.29. The SMILES string of the molecule is CCCC[C@@H](CC)CNC(=O)c1ccc(OC)c(S(=O)(=O)NC)c1. The van der Waals surface area contributed by atoms with Crippen molar-refractivity contribution < 1.29 is 17.9 Å². The number of carbonyl (C=O) groups excluding carboxylic acids is 1. The first-order valence-electron chi connectivity index (χ1n) is 8.29. The minimum Gasteiger partial charge on any atom is -0.495 e. The molecule has 0 aliphatic carbocycles. The highest BCUT2D eigenvalue weighted by atomic mass is 32.2. The number of rotatable bonds is 10. The molecule has 1 rings (SSSR count). The van der Waals surface area contributed by atoms with Crippen molar-refractivity contribution in [3.05, 3.63) is 23.8 Å². The van der Waals surface area contributed by atoms with Gasteiger partial charge in [-0.2, -0.15) is 0 Å². The summed E-state index contributed by atoms with van der Waals surface area (Å²) in [5.41, 5.74) is 0.301. The maximum absolute atomic E-state index is 12.3. The van der Waals surface area contributed by atoms with Crippen molar-refractivity contribution in [2.75, 3.05) is 20.7 Å². The van der Waals surface area contributed by atoms with Crippen LogP contribution in [-0.2, 0) is 10.0 Å². The molecule has 136 valence electrons. The zero-order chi connectivity index (χ0) is 18.2. The van der Waals surface area contributed by atoms with Gasteiger partial charge in [-0.15, -0.1) is 0 Å². The summed E-state index contributed by atoms with van der Waals surface area (Å²) in [4.78, 5) is 12.3. The fourth-order valence-electron chi connectivity index (χ4n) is 2.42. The molecule has 1 aromatic carbocycles. The van der Waals surface area contributed by atoms with Crippen molar-refractivity contribution in [2.45, 2.75) is 44.4 Å². The van der Waals surface area contributed by atoms with Gasteiger partial charge in [-0.3, -0.25) is 4.79 Å². The topological polar surface area (TPSA) is 84.5 Å². The zero-order valence-electron chi connectivity index (χ0n) is 14.9. The van der Waals surface area contributed by atoms with Crippen LogP contribution in [0.5, 0.6) is 5.75 Å². The number of sulfonamides is 1. The maximum Gasteiger partial charge on any atom is 0.251 e. The number of unbranched alkanes of at least 4 members (excludes halogenated alkanes) is 1. The molecule has 0 heterocycles. The molecule has 0 aliphatic heterocycles. The summed E-state index contributed by atoms with van der Waals surface area (Å²) in [7, 11) is -0.987. The molecular formula is C17H28N2O4S. The average Bonchev–Trinajstić information content (AvgIpc) is 2.61. The zero-order valence-corrected chi connectivity index (χ0v) is 15.7. The smallest absolute Gasteiger partial charge is 0.251 e. The molecule has 0 saturated heterocycles. The highest BCUT2D eigenvalue weighted by molar-refractivity contribution is 7.89. The van der Waals surface area contributed by atoms with E-state index in [1.807, 2.05) is 0 Å². The first-order chi connectivity index (χ1) is 11.4. The number of hydrogen-bond donors (Lipinski definition) is 2. The van der Waals surface area contributed by atoms with Crippen LogP contribution in [0.1, 0.15) is 49.9 Å². The van der Waals surface area contributed by atoms with Gasteiger partial charge in [-0.1, -0.05) is 33.1 Å². The molecule has 0 spiro atoms. The van der Waals surface area contributed by atoms with Gasteiger partial charge in [-0.25, -0.2) is 13.1 Å². The summed E-state index contributed by atoms with van der Waals surface area (Å²) in [5.74, 6) is 0.364. The molecule has 0 aromatic heterocycles. The fourth-order valence-corrected chi connectivity index (χ4v) is 3.34. The molecule has 0 radical (unpaired) electrons. The van der Waals surface area contributed by atoms with Gasteiger partial charge in [0.25, 0.3) is 5.91 Å². The van der Waals surface area contributed by atoms with Gasteiger partial charge < -0.3 is 10.1 Å². The van der Waals surface area contributed by atoms with Gasteiger partial charge in [0, 0.05) is 12.1 Å². The minimum absolute atomic E-state index is 0.0434. The van der Waals surface area contributed by atoms with E-state index in [0.29, 0.717) is 18.0 Å². The molecule has 6 nitrogen and oxygen atoms in total. The lowest BCUT2D eigenvalue weighted by Gasteiger charge is -2.16. The van der Waals surface area contributed by atoms with E-state index in [4.69, 9.17) is 4.74 Å². The normalized spacial score (nSPS) is 12.7. The lowest BCUT2D eigenvalue weighted by atomic mass is 9.99. The third kappa shape index (κ3) is 5.49. The Hall–Kier alpha value is -1.60. The third-order valence-corrected chi connectivity index (χ3v) is 5.51. The van der Waals surface area contributed by atoms with E-state index in [-0.39, 0.29) is 16.6 Å². The van der Waals surface area contributed by atoms with Crippen molar-refractivity contribution in [1.29, 1.82) is 0 Å². The number of hydrogen-bond acceptors (Lipinski definition) is 4. The molecule has 24 heavy (non-hydrogen) atoms. The second-order valence-electron chi connectivity index (χ2n) is 5.70. The molecule has 2 N–H and O–H groups in total. The lowest BCUT2D eigenvalue weighted by molar-refractivity contribution is 0.0945. The Labute approximate surface area is 145 Å². The third-order valence-electron chi connectivity index (χ3n) is 4.08. The standard InChI is InChI=1S/C17H28N2O4S/c1-5-7-8-13(6-2)12-19-17(20)14-9-10-15(23-4)16(11-14)24(21,22)18-3/h9-11,13,18H,5-8,12H2,1-4H3,(H,19,20)/t13-/m1/s1. The van der Waals surface area contributed by atoms with E-state index in [1.54, 1.807) is 6.07 Å². The van der Waals surface area contributed by atoms with Crippen LogP contribution in [0.2, 0.25) is 0 Å². The summed E-state index contributed by atoms with van der Waals surface area (Å²) < 4.78 is 31.4. The maximum atomic E-state index is 12.3. The van der Waals surface area contributed by atoms with Crippen LogP contribution in [0, 0.1) is 5.92 Å². The largest absolute Gasteiger partial charge is 0.495 e. The number of methoxy groups -OCH3 is 1. The Morgan fingerprint density at radius 2 is 2.00 bits per heavy atom. The van der Waals surface area contributed by atoms with Crippen LogP contribution in [-0.4, -0.2) is 35.0 Å². The predicted molar refractivity (Wildman–Crippen MR) is 94.9 cm³/mol. The Kier molecular flexibility index (Phi) is 8.21. The Morgan fingerprint density at radius 3 is 2.54 bits per heavy atom. The molecule has 0 unspecified atom stereocenters. The highest BCUT2D eigenvalue weighted by Crippen LogP contribution is 2.24. The molecule has 0 saturated carbocycles. The van der Waals surface area contributed by atoms with Crippen LogP contribution >= 0.6 is 0 Å². The van der Waals surface area contributed by atoms with Crippen molar-refractivity contribution in [3.63, 3.8) is 0 Å². The number of benzene rings is 1. The van der Waals surface area contributed by atoms with Gasteiger partial charge in [0.15, 0.2) is 0 Å². The van der Waals surface area contributed by atoms with Crippen LogP contribution in [0.15, 0.2) is 23.1 Å². The van der Waals surface area contributed by atoms with Crippen LogP contribution in [0.25, 0.3) is 0 Å². The van der Waals surface area contributed by atoms with Crippen LogP contribution in [0.3, 0.4) is 0 Å². The monoisotopic (exact) mass is 356 g/mol. The fraction of sp³-hybridized carbons (Fsp3) is 0.588. The van der Waals surface area contributed by atoms with Crippen molar-refractivity contribution >= 4 is 15.9 Å². The summed E-state index contributed by atoms with van der Waals surface area (Å²) >= 11 is 0. The highest BCUT2D eigenvalue weighted by Gasteiger charge is 2.20. The van der Waals surface area contributed by atoms with Crippen molar-refractivity contribution in [1.82, 2.24) is 10.0 Å². The number of nitrogens with one attached hydrogen (secondary N) is 2. The number of carbonyl (C=O) groups is 1. The summed E-state index contributed by atoms with van der Waals surface area (Å²) in [5, 5.41) is 2.90. The van der Waals surface area contributed by atoms with Gasteiger partial charge in [0.2, 0.25) is 10.0 Å². The summed E-state index contributed by atoms with van der Waals surface area (Å²) in [6, 6.07) is 4.40. The van der Waals surface area contributed by atoms with Crippen LogP contribution < -0.4 is 14.8 Å². The molecule has 7 heteroatoms. The van der Waals surface area contributed by atoms with Gasteiger partial charge >= 0.3 is 0 Å². The van der Waals surface area contributed by atoms with E-state index in [2.05, 4.69) is 23.9 Å². The van der Waals surface area contributed by atoms with E-state index in [0.717, 1.165) is 25.7 Å². The first kappa shape index (κ1) is 20.4. The molecule has 1 atom stereocenters. The van der Waals surface area contributed by atoms with E-state index >= 15 is 0 Å². The average molecular weight is 356 g/mol. The van der Waals surface area contributed by atoms with E-state index < -0.39 is 10.0 Å². The second-order valence-corrected chi connectivity index (χ2v) is 7.55. The van der Waals surface area contributed by atoms with E-state index in [1.165, 1.54) is 26.3 Å². The Bertz CT molecular complexity index is 644. The summed E-state index contributed by atoms with van der Waals surface area (Å²) in [6.07, 6.45) is 4.35. The van der Waals surface area contributed by atoms with E-state index in [9.17, 15) is 13.2 Å². The molecular weight excluding hydrogens is 328 g/mol. The number of amides is 1. The molecule has 0 bridgehead atoms. The van der Waals surface area contributed by atoms with Crippen LogP contribution in [0.4, 0.5) is 0 Å². The minimum atomic E-state index is -3.70. The Balaban J connectivity index is 2.90. The van der Waals surface area contributed by atoms with Gasteiger partial charge in [0.1, 0.15) is 10.6 Å². The molecule has 0 aliphatic rings. The van der Waals surface area contributed by atoms with Crippen molar-refractivity contribution in [3.8, 4) is 5.75 Å². The second kappa shape index (κ2) is 9.64. The Morgan fingerprint density at radius 1 is 1.29 bits per heavy atom. The first-order valence-corrected chi connectivity index (χ1v) is 9.77. The summed E-state index contributed by atoms with van der Waals surface area (Å²) in [6.45, 7) is 4.85. The molecule has 1 aromatic rings. The van der Waals surface area contributed by atoms with Crippen molar-refractivity contribution in [2.24, 2.45) is 5.92 Å². The van der Waals surface area contributed by atoms with Gasteiger partial charge in [-0.05, 0) is 37.6 Å². The number of ether oxygens (including phenoxy) is 1. The molecule has 0 fully saturated rings. The predicted octanol–water partition coefficient (Wildman–Crippen LogP) is 2.55. The van der Waals surface area contributed by atoms with Gasteiger partial charge in [0.05, 0.1) is 7.11 Å². The quantitative estimate of drug-likeness (QED) is 0.675. The molecule has 1 amide bonds.